The first-order valence-electron chi connectivity index (χ1n) is 11.6. The fourth-order valence-corrected chi connectivity index (χ4v) is 5.43. The van der Waals surface area contributed by atoms with E-state index in [1.54, 1.807) is 28.8 Å². The molecule has 0 N–H and O–H groups in total. The lowest BCUT2D eigenvalue weighted by atomic mass is 10.0. The summed E-state index contributed by atoms with van der Waals surface area (Å²) in [6, 6.07) is 19.4. The lowest BCUT2D eigenvalue weighted by Crippen LogP contribution is -2.31. The van der Waals surface area contributed by atoms with E-state index in [0.29, 0.717) is 24.3 Å². The quantitative estimate of drug-likeness (QED) is 0.429. The Kier molecular flexibility index (Phi) is 6.44. The van der Waals surface area contributed by atoms with Crippen LogP contribution in [-0.4, -0.2) is 31.2 Å². The Morgan fingerprint density at radius 2 is 1.94 bits per heavy atom. The van der Waals surface area contributed by atoms with Crippen molar-refractivity contribution in [1.82, 2.24) is 0 Å². The molecule has 2 heterocycles. The van der Waals surface area contributed by atoms with Crippen molar-refractivity contribution in [1.29, 1.82) is 0 Å². The van der Waals surface area contributed by atoms with Crippen molar-refractivity contribution in [3.05, 3.63) is 88.5 Å². The molecule has 0 bridgehead atoms. The van der Waals surface area contributed by atoms with Gasteiger partial charge in [-0.25, -0.2) is 4.79 Å². The largest absolute Gasteiger partial charge is 0.459 e. The van der Waals surface area contributed by atoms with Gasteiger partial charge in [0.15, 0.2) is 0 Å². The molecule has 2 aliphatic rings. The summed E-state index contributed by atoms with van der Waals surface area (Å²) in [5.74, 6) is -0.475. The van der Waals surface area contributed by atoms with E-state index in [9.17, 15) is 9.59 Å². The molecule has 6 heteroatoms. The molecule has 0 radical (unpaired) electrons. The predicted octanol–water partition coefficient (Wildman–Crippen LogP) is 5.95. The molecule has 0 aliphatic carbocycles. The SMILES string of the molecule is Cc1ccc(C)c(CN2C(=O)c3ccccc3Sc3ccc(C(=O)OC[C@@H]4CCCO4)cc32)c1. The van der Waals surface area contributed by atoms with E-state index in [1.165, 1.54) is 0 Å². The minimum atomic E-state index is -0.399. The number of carbonyl (C=O) groups is 2. The number of amides is 1. The maximum absolute atomic E-state index is 13.8. The maximum Gasteiger partial charge on any atom is 0.338 e. The van der Waals surface area contributed by atoms with Gasteiger partial charge in [0, 0.05) is 16.4 Å². The summed E-state index contributed by atoms with van der Waals surface area (Å²) in [7, 11) is 0. The third-order valence-electron chi connectivity index (χ3n) is 6.33. The molecule has 1 saturated heterocycles. The summed E-state index contributed by atoms with van der Waals surface area (Å²) in [6.45, 7) is 5.49. The molecule has 1 fully saturated rings. The molecule has 1 atom stereocenters. The Balaban J connectivity index is 1.51. The first-order chi connectivity index (χ1) is 16.5. The summed E-state index contributed by atoms with van der Waals surface area (Å²) >= 11 is 1.55. The number of benzene rings is 3. The zero-order chi connectivity index (χ0) is 23.7. The van der Waals surface area contributed by atoms with E-state index in [-0.39, 0.29) is 18.6 Å². The molecular formula is C28H27NO4S. The van der Waals surface area contributed by atoms with Crippen molar-refractivity contribution < 1.29 is 19.1 Å². The highest BCUT2D eigenvalue weighted by Crippen LogP contribution is 2.42. The summed E-state index contributed by atoms with van der Waals surface area (Å²) in [5.41, 5.74) is 5.16. The second-order valence-electron chi connectivity index (χ2n) is 8.84. The van der Waals surface area contributed by atoms with Gasteiger partial charge in [0.25, 0.3) is 5.91 Å². The van der Waals surface area contributed by atoms with E-state index in [2.05, 4.69) is 32.0 Å². The van der Waals surface area contributed by atoms with Gasteiger partial charge in [-0.15, -0.1) is 0 Å². The second-order valence-corrected chi connectivity index (χ2v) is 9.92. The smallest absolute Gasteiger partial charge is 0.338 e. The molecule has 0 saturated carbocycles. The van der Waals surface area contributed by atoms with Crippen molar-refractivity contribution in [2.24, 2.45) is 0 Å². The molecule has 5 nitrogen and oxygen atoms in total. The van der Waals surface area contributed by atoms with Crippen LogP contribution in [0.3, 0.4) is 0 Å². The van der Waals surface area contributed by atoms with Crippen molar-refractivity contribution >= 4 is 29.3 Å². The van der Waals surface area contributed by atoms with Crippen molar-refractivity contribution in [2.45, 2.75) is 49.1 Å². The van der Waals surface area contributed by atoms with Gasteiger partial charge in [0.2, 0.25) is 0 Å². The topological polar surface area (TPSA) is 55.8 Å². The van der Waals surface area contributed by atoms with Crippen LogP contribution in [0.5, 0.6) is 0 Å². The normalized spacial score (nSPS) is 17.2. The van der Waals surface area contributed by atoms with Crippen LogP contribution in [0.1, 0.15) is 50.2 Å². The third kappa shape index (κ3) is 4.61. The predicted molar refractivity (Wildman–Crippen MR) is 133 cm³/mol. The number of fused-ring (bicyclic) bond motifs is 2. The maximum atomic E-state index is 13.8. The zero-order valence-corrected chi connectivity index (χ0v) is 20.2. The van der Waals surface area contributed by atoms with Gasteiger partial charge in [-0.05, 0) is 68.1 Å². The average Bonchev–Trinajstić information content (AvgIpc) is 3.33. The Morgan fingerprint density at radius 3 is 2.76 bits per heavy atom. The summed E-state index contributed by atoms with van der Waals surface area (Å²) in [6.07, 6.45) is 1.87. The Labute approximate surface area is 204 Å². The third-order valence-corrected chi connectivity index (χ3v) is 7.47. The molecule has 5 rings (SSSR count). The van der Waals surface area contributed by atoms with Crippen LogP contribution in [0.2, 0.25) is 0 Å². The van der Waals surface area contributed by atoms with Gasteiger partial charge in [0.05, 0.1) is 29.5 Å². The number of hydrogen-bond acceptors (Lipinski definition) is 5. The lowest BCUT2D eigenvalue weighted by Gasteiger charge is -2.25. The van der Waals surface area contributed by atoms with Crippen LogP contribution in [0, 0.1) is 13.8 Å². The number of aryl methyl sites for hydroxylation is 2. The Hall–Kier alpha value is -3.09. The standard InChI is InChI=1S/C28H27NO4S/c1-18-9-10-19(2)21(14-18)16-29-24-15-20(28(31)33-17-22-6-5-13-32-22)11-12-26(24)34-25-8-4-3-7-23(25)27(29)30/h3-4,7-12,14-15,22H,5-6,13,16-17H2,1-2H3/t22-/m0/s1. The van der Waals surface area contributed by atoms with Gasteiger partial charge < -0.3 is 14.4 Å². The molecule has 34 heavy (non-hydrogen) atoms. The van der Waals surface area contributed by atoms with Crippen LogP contribution in [0.15, 0.2) is 70.5 Å². The Bertz CT molecular complexity index is 1250. The number of anilines is 1. The number of ether oxygens (including phenoxy) is 2. The van der Waals surface area contributed by atoms with Crippen LogP contribution in [0.25, 0.3) is 0 Å². The number of carbonyl (C=O) groups excluding carboxylic acids is 2. The molecule has 3 aromatic rings. The van der Waals surface area contributed by atoms with E-state index in [0.717, 1.165) is 45.0 Å². The van der Waals surface area contributed by atoms with E-state index < -0.39 is 5.97 Å². The summed E-state index contributed by atoms with van der Waals surface area (Å²) < 4.78 is 11.1. The number of esters is 1. The van der Waals surface area contributed by atoms with Gasteiger partial charge in [-0.1, -0.05) is 47.7 Å². The van der Waals surface area contributed by atoms with Crippen LogP contribution < -0.4 is 4.90 Å². The fraction of sp³-hybridized carbons (Fsp3) is 0.286. The van der Waals surface area contributed by atoms with Crippen LogP contribution >= 0.6 is 11.8 Å². The number of hydrogen-bond donors (Lipinski definition) is 0. The fourth-order valence-electron chi connectivity index (χ4n) is 4.37. The van der Waals surface area contributed by atoms with Crippen LogP contribution in [0.4, 0.5) is 5.69 Å². The lowest BCUT2D eigenvalue weighted by molar-refractivity contribution is 0.0161. The number of nitrogens with zero attached hydrogens (tertiary/aromatic N) is 1. The first-order valence-corrected chi connectivity index (χ1v) is 12.4. The monoisotopic (exact) mass is 473 g/mol. The molecule has 1 amide bonds. The summed E-state index contributed by atoms with van der Waals surface area (Å²) in [4.78, 5) is 30.2. The second kappa shape index (κ2) is 9.65. The molecule has 174 valence electrons. The average molecular weight is 474 g/mol. The molecule has 0 unspecified atom stereocenters. The number of rotatable bonds is 5. The van der Waals surface area contributed by atoms with E-state index in [4.69, 9.17) is 9.47 Å². The summed E-state index contributed by atoms with van der Waals surface area (Å²) in [5, 5.41) is 0. The molecule has 2 aliphatic heterocycles. The van der Waals surface area contributed by atoms with Crippen molar-refractivity contribution in [3.8, 4) is 0 Å². The molecular weight excluding hydrogens is 446 g/mol. The zero-order valence-electron chi connectivity index (χ0n) is 19.4. The van der Waals surface area contributed by atoms with Crippen LogP contribution in [-0.2, 0) is 16.0 Å². The highest BCUT2D eigenvalue weighted by molar-refractivity contribution is 7.99. The minimum Gasteiger partial charge on any atom is -0.459 e. The molecule has 0 spiro atoms. The van der Waals surface area contributed by atoms with Crippen molar-refractivity contribution in [3.63, 3.8) is 0 Å². The first kappa shape index (κ1) is 22.7. The van der Waals surface area contributed by atoms with Gasteiger partial charge in [0.1, 0.15) is 6.61 Å². The highest BCUT2D eigenvalue weighted by atomic mass is 32.2. The highest BCUT2D eigenvalue weighted by Gasteiger charge is 2.29. The van der Waals surface area contributed by atoms with Gasteiger partial charge >= 0.3 is 5.97 Å². The van der Waals surface area contributed by atoms with Gasteiger partial charge in [-0.2, -0.15) is 0 Å². The van der Waals surface area contributed by atoms with Crippen molar-refractivity contribution in [2.75, 3.05) is 18.1 Å². The van der Waals surface area contributed by atoms with E-state index in [1.807, 2.05) is 30.3 Å². The van der Waals surface area contributed by atoms with E-state index >= 15 is 0 Å². The minimum absolute atomic E-state index is 0.0304. The molecule has 0 aromatic heterocycles. The van der Waals surface area contributed by atoms with Gasteiger partial charge in [-0.3, -0.25) is 4.79 Å². The molecule has 3 aromatic carbocycles. The Morgan fingerprint density at radius 1 is 1.09 bits per heavy atom.